The van der Waals surface area contributed by atoms with Gasteiger partial charge in [0.1, 0.15) is 16.9 Å². The lowest BCUT2D eigenvalue weighted by molar-refractivity contribution is 0.0123. The highest BCUT2D eigenvalue weighted by molar-refractivity contribution is 9.10. The van der Waals surface area contributed by atoms with Crippen LogP contribution in [0, 0.1) is 0 Å². The van der Waals surface area contributed by atoms with E-state index in [0.29, 0.717) is 0 Å². The van der Waals surface area contributed by atoms with Gasteiger partial charge in [0.05, 0.1) is 23.9 Å². The van der Waals surface area contributed by atoms with E-state index in [4.69, 9.17) is 14.5 Å². The number of nitrogens with zero attached hydrogens (tertiary/aromatic N) is 3. The summed E-state index contributed by atoms with van der Waals surface area (Å²) in [7, 11) is 1.67. The molecule has 0 spiro atoms. The largest absolute Gasteiger partial charge is 0.494 e. The van der Waals surface area contributed by atoms with Crippen LogP contribution in [0.5, 0.6) is 5.75 Å². The first kappa shape index (κ1) is 18.8. The molecule has 0 radical (unpaired) electrons. The molecule has 2 fully saturated rings. The number of ether oxygens (including phenoxy) is 2. The quantitative estimate of drug-likeness (QED) is 0.661. The zero-order valence-electron chi connectivity index (χ0n) is 16.0. The molecule has 6 nitrogen and oxygen atoms in total. The van der Waals surface area contributed by atoms with E-state index in [1.165, 1.54) is 0 Å². The van der Waals surface area contributed by atoms with Gasteiger partial charge < -0.3 is 14.4 Å². The summed E-state index contributed by atoms with van der Waals surface area (Å²) in [4.78, 5) is 21.7. The minimum atomic E-state index is -0.469. The maximum atomic E-state index is 12.6. The van der Waals surface area contributed by atoms with Crippen LogP contribution in [0.1, 0.15) is 33.6 Å². The highest BCUT2D eigenvalue weighted by Crippen LogP contribution is 2.41. The third kappa shape index (κ3) is 3.49. The average Bonchev–Trinajstić information content (AvgIpc) is 3.14. The van der Waals surface area contributed by atoms with E-state index in [9.17, 15) is 4.79 Å². The smallest absolute Gasteiger partial charge is 0.410 e. The van der Waals surface area contributed by atoms with Gasteiger partial charge in [0.15, 0.2) is 5.13 Å². The Kier molecular flexibility index (Phi) is 4.74. The van der Waals surface area contributed by atoms with Gasteiger partial charge in [-0.1, -0.05) is 11.3 Å². The minimum Gasteiger partial charge on any atom is -0.494 e. The molecule has 0 saturated carbocycles. The van der Waals surface area contributed by atoms with Crippen molar-refractivity contribution in [1.29, 1.82) is 0 Å². The number of piperazine rings is 1. The summed E-state index contributed by atoms with van der Waals surface area (Å²) < 4.78 is 13.2. The minimum absolute atomic E-state index is 0.177. The standard InChI is InChI=1S/C19H24BrN3O3S/c1-19(2,3)26-18(24)23-11-5-6-12(23)10-22(9-11)17-21-15-14(25-4)8-7-13(20)16(15)27-17/h7-8,11-12H,5-6,9-10H2,1-4H3. The molecular weight excluding hydrogens is 430 g/mol. The number of rotatable bonds is 2. The number of amides is 1. The fourth-order valence-corrected chi connectivity index (χ4v) is 5.48. The maximum absolute atomic E-state index is 12.6. The topological polar surface area (TPSA) is 54.9 Å². The second kappa shape index (κ2) is 6.81. The molecule has 2 atom stereocenters. The van der Waals surface area contributed by atoms with Crippen molar-refractivity contribution >= 4 is 48.7 Å². The first-order valence-corrected chi connectivity index (χ1v) is 10.8. The van der Waals surface area contributed by atoms with Crippen LogP contribution in [0.15, 0.2) is 16.6 Å². The van der Waals surface area contributed by atoms with Gasteiger partial charge in [0, 0.05) is 17.6 Å². The molecule has 3 heterocycles. The lowest BCUT2D eigenvalue weighted by Gasteiger charge is -2.41. The summed E-state index contributed by atoms with van der Waals surface area (Å²) in [6.07, 6.45) is 1.83. The molecule has 2 aromatic rings. The van der Waals surface area contributed by atoms with Crippen LogP contribution >= 0.6 is 27.3 Å². The number of anilines is 1. The van der Waals surface area contributed by atoms with Crippen LogP contribution in [0.3, 0.4) is 0 Å². The molecule has 2 unspecified atom stereocenters. The predicted octanol–water partition coefficient (Wildman–Crippen LogP) is 4.66. The Morgan fingerprint density at radius 2 is 1.93 bits per heavy atom. The molecule has 2 aliphatic heterocycles. The highest BCUT2D eigenvalue weighted by atomic mass is 79.9. The van der Waals surface area contributed by atoms with Crippen LogP contribution in [0.2, 0.25) is 0 Å². The van der Waals surface area contributed by atoms with E-state index in [2.05, 4.69) is 20.8 Å². The Morgan fingerprint density at radius 1 is 1.26 bits per heavy atom. The number of hydrogen-bond acceptors (Lipinski definition) is 6. The summed E-state index contributed by atoms with van der Waals surface area (Å²) in [5.74, 6) is 0.783. The van der Waals surface area contributed by atoms with Crippen molar-refractivity contribution in [3.8, 4) is 5.75 Å². The Hall–Kier alpha value is -1.54. The van der Waals surface area contributed by atoms with Gasteiger partial charge in [-0.2, -0.15) is 0 Å². The zero-order chi connectivity index (χ0) is 19.3. The number of hydrogen-bond donors (Lipinski definition) is 0. The van der Waals surface area contributed by atoms with Crippen molar-refractivity contribution in [1.82, 2.24) is 9.88 Å². The monoisotopic (exact) mass is 453 g/mol. The Bertz CT molecular complexity index is 865. The fourth-order valence-electron chi connectivity index (χ4n) is 3.91. The van der Waals surface area contributed by atoms with Crippen LogP contribution in [0.25, 0.3) is 10.2 Å². The third-order valence-corrected chi connectivity index (χ3v) is 7.10. The number of carbonyl (C=O) groups is 1. The summed E-state index contributed by atoms with van der Waals surface area (Å²) in [6, 6.07) is 4.28. The SMILES string of the molecule is COc1ccc(Br)c2sc(N3CC4CCC(C3)N4C(=O)OC(C)(C)C)nc12. The maximum Gasteiger partial charge on any atom is 0.410 e. The van der Waals surface area contributed by atoms with E-state index in [1.54, 1.807) is 18.4 Å². The van der Waals surface area contributed by atoms with Gasteiger partial charge >= 0.3 is 6.09 Å². The van der Waals surface area contributed by atoms with Crippen LogP contribution in [0.4, 0.5) is 9.93 Å². The van der Waals surface area contributed by atoms with E-state index in [1.807, 2.05) is 37.8 Å². The Balaban J connectivity index is 1.58. The van der Waals surface area contributed by atoms with E-state index >= 15 is 0 Å². The van der Waals surface area contributed by atoms with Crippen molar-refractivity contribution in [2.75, 3.05) is 25.1 Å². The molecule has 146 valence electrons. The van der Waals surface area contributed by atoms with E-state index in [-0.39, 0.29) is 18.2 Å². The van der Waals surface area contributed by atoms with Gasteiger partial charge in [-0.05, 0) is 61.7 Å². The van der Waals surface area contributed by atoms with Crippen molar-refractivity contribution in [3.63, 3.8) is 0 Å². The molecular formula is C19H24BrN3O3S. The lowest BCUT2D eigenvalue weighted by Crippen LogP contribution is -2.56. The molecule has 4 rings (SSSR count). The molecule has 1 amide bonds. The van der Waals surface area contributed by atoms with Crippen molar-refractivity contribution in [3.05, 3.63) is 16.6 Å². The van der Waals surface area contributed by atoms with Crippen molar-refractivity contribution in [2.24, 2.45) is 0 Å². The first-order valence-electron chi connectivity index (χ1n) is 9.16. The van der Waals surface area contributed by atoms with E-state index in [0.717, 1.165) is 51.5 Å². The molecule has 27 heavy (non-hydrogen) atoms. The number of aromatic nitrogens is 1. The number of halogens is 1. The molecule has 0 aliphatic carbocycles. The fraction of sp³-hybridized carbons (Fsp3) is 0.579. The number of carbonyl (C=O) groups excluding carboxylic acids is 1. The summed E-state index contributed by atoms with van der Waals surface area (Å²) >= 11 is 5.28. The third-order valence-electron chi connectivity index (χ3n) is 5.02. The summed E-state index contributed by atoms with van der Waals surface area (Å²) in [5, 5.41) is 0.982. The van der Waals surface area contributed by atoms with Crippen molar-refractivity contribution < 1.29 is 14.3 Å². The van der Waals surface area contributed by atoms with Crippen molar-refractivity contribution in [2.45, 2.75) is 51.3 Å². The van der Waals surface area contributed by atoms with Gasteiger partial charge in [-0.3, -0.25) is 4.90 Å². The molecule has 2 saturated heterocycles. The lowest BCUT2D eigenvalue weighted by atomic mass is 10.2. The zero-order valence-corrected chi connectivity index (χ0v) is 18.4. The average molecular weight is 454 g/mol. The molecule has 1 aromatic carbocycles. The number of benzene rings is 1. The van der Waals surface area contributed by atoms with E-state index < -0.39 is 5.60 Å². The molecule has 0 N–H and O–H groups in total. The van der Waals surface area contributed by atoms with Crippen LogP contribution in [-0.2, 0) is 4.74 Å². The van der Waals surface area contributed by atoms with Crippen LogP contribution < -0.4 is 9.64 Å². The normalized spacial score (nSPS) is 22.4. The predicted molar refractivity (Wildman–Crippen MR) is 111 cm³/mol. The van der Waals surface area contributed by atoms with Gasteiger partial charge in [-0.25, -0.2) is 9.78 Å². The first-order chi connectivity index (χ1) is 12.8. The van der Waals surface area contributed by atoms with Gasteiger partial charge in [0.2, 0.25) is 0 Å². The highest BCUT2D eigenvalue weighted by Gasteiger charge is 2.44. The number of thiazole rings is 1. The second-order valence-corrected chi connectivity index (χ2v) is 9.93. The summed E-state index contributed by atoms with van der Waals surface area (Å²) in [6.45, 7) is 7.31. The molecule has 1 aromatic heterocycles. The molecule has 2 bridgehead atoms. The Morgan fingerprint density at radius 3 is 2.52 bits per heavy atom. The number of methoxy groups -OCH3 is 1. The molecule has 8 heteroatoms. The summed E-state index contributed by atoms with van der Waals surface area (Å²) in [5.41, 5.74) is 0.414. The van der Waals surface area contributed by atoms with Crippen LogP contribution in [-0.4, -0.2) is 53.9 Å². The Labute approximate surface area is 171 Å². The molecule has 2 aliphatic rings. The van der Waals surface area contributed by atoms with Gasteiger partial charge in [0.25, 0.3) is 0 Å². The number of fused-ring (bicyclic) bond motifs is 3. The second-order valence-electron chi connectivity index (χ2n) is 8.10. The van der Waals surface area contributed by atoms with Gasteiger partial charge in [-0.15, -0.1) is 0 Å².